The van der Waals surface area contributed by atoms with Crippen molar-refractivity contribution in [2.24, 2.45) is 0 Å². The fourth-order valence-electron chi connectivity index (χ4n) is 2.45. The van der Waals surface area contributed by atoms with Crippen LogP contribution in [0.5, 0.6) is 0 Å². The van der Waals surface area contributed by atoms with Crippen molar-refractivity contribution in [3.05, 3.63) is 29.8 Å². The van der Waals surface area contributed by atoms with Gasteiger partial charge in [0, 0.05) is 23.9 Å². The quantitative estimate of drug-likeness (QED) is 0.869. The molecule has 1 heterocycles. The summed E-state index contributed by atoms with van der Waals surface area (Å²) in [4.78, 5) is 26.0. The molecule has 1 saturated heterocycles. The number of benzene rings is 1. The van der Waals surface area contributed by atoms with Gasteiger partial charge in [-0.25, -0.2) is 0 Å². The molecule has 1 fully saturated rings. The van der Waals surface area contributed by atoms with Crippen LogP contribution in [0.3, 0.4) is 0 Å². The fraction of sp³-hybridized carbons (Fsp3) is 0.500. The van der Waals surface area contributed by atoms with E-state index in [1.54, 1.807) is 18.2 Å². The molecule has 5 heteroatoms. The van der Waals surface area contributed by atoms with Crippen LogP contribution in [0.1, 0.15) is 30.6 Å². The Morgan fingerprint density at radius 1 is 1.33 bits per heavy atom. The molecule has 114 valence electrons. The zero-order valence-corrected chi connectivity index (χ0v) is 13.4. The molecule has 4 nitrogen and oxygen atoms in total. The van der Waals surface area contributed by atoms with E-state index in [1.807, 2.05) is 17.8 Å². The second-order valence-electron chi connectivity index (χ2n) is 5.37. The number of nitrogens with one attached hydrogen (secondary N) is 1. The van der Waals surface area contributed by atoms with Crippen molar-refractivity contribution in [1.82, 2.24) is 4.90 Å². The van der Waals surface area contributed by atoms with Gasteiger partial charge in [0.25, 0.3) is 0 Å². The molecule has 1 atom stereocenters. The van der Waals surface area contributed by atoms with Gasteiger partial charge in [-0.2, -0.15) is 11.8 Å². The highest BCUT2D eigenvalue weighted by Gasteiger charge is 2.20. The average molecular weight is 306 g/mol. The number of hydrogen-bond acceptors (Lipinski definition) is 4. The van der Waals surface area contributed by atoms with Crippen LogP contribution in [-0.4, -0.2) is 47.2 Å². The summed E-state index contributed by atoms with van der Waals surface area (Å²) in [5, 5.41) is 2.87. The minimum Gasteiger partial charge on any atom is -0.324 e. The van der Waals surface area contributed by atoms with Crippen molar-refractivity contribution >= 4 is 29.1 Å². The van der Waals surface area contributed by atoms with Crippen LogP contribution >= 0.6 is 11.8 Å². The van der Waals surface area contributed by atoms with E-state index in [2.05, 4.69) is 17.1 Å². The minimum atomic E-state index is -0.0533. The molecule has 1 N–H and O–H groups in total. The smallest absolute Gasteiger partial charge is 0.238 e. The summed E-state index contributed by atoms with van der Waals surface area (Å²) in [7, 11) is 0. The van der Waals surface area contributed by atoms with Crippen LogP contribution in [0.15, 0.2) is 24.3 Å². The van der Waals surface area contributed by atoms with Crippen molar-refractivity contribution in [3.8, 4) is 0 Å². The van der Waals surface area contributed by atoms with E-state index in [9.17, 15) is 9.59 Å². The highest BCUT2D eigenvalue weighted by Crippen LogP contribution is 2.18. The number of Topliss-reactive ketones (excluding diaryl/α,β-unsaturated/α-hetero) is 1. The van der Waals surface area contributed by atoms with Gasteiger partial charge in [-0.1, -0.05) is 12.1 Å². The van der Waals surface area contributed by atoms with Crippen LogP contribution in [0.25, 0.3) is 0 Å². The second-order valence-corrected chi connectivity index (χ2v) is 6.60. The number of ketones is 1. The van der Waals surface area contributed by atoms with Gasteiger partial charge in [-0.3, -0.25) is 14.5 Å². The van der Waals surface area contributed by atoms with Crippen molar-refractivity contribution < 1.29 is 9.59 Å². The number of rotatable bonds is 4. The molecule has 21 heavy (non-hydrogen) atoms. The Balaban J connectivity index is 2.00. The molecule has 0 bridgehead atoms. The van der Waals surface area contributed by atoms with E-state index >= 15 is 0 Å². The van der Waals surface area contributed by atoms with Gasteiger partial charge in [-0.05, 0) is 38.2 Å². The monoisotopic (exact) mass is 306 g/mol. The lowest BCUT2D eigenvalue weighted by Gasteiger charge is -2.25. The summed E-state index contributed by atoms with van der Waals surface area (Å²) in [5.41, 5.74) is 1.16. The van der Waals surface area contributed by atoms with Crippen molar-refractivity contribution in [2.75, 3.05) is 29.9 Å². The molecule has 1 aliphatic rings. The summed E-state index contributed by atoms with van der Waals surface area (Å²) >= 11 is 1.94. The van der Waals surface area contributed by atoms with Gasteiger partial charge < -0.3 is 5.32 Å². The topological polar surface area (TPSA) is 49.4 Å². The lowest BCUT2D eigenvalue weighted by Crippen LogP contribution is -2.40. The van der Waals surface area contributed by atoms with Gasteiger partial charge in [0.1, 0.15) is 0 Å². The zero-order chi connectivity index (χ0) is 15.2. The molecular weight excluding hydrogens is 284 g/mol. The Morgan fingerprint density at radius 2 is 2.10 bits per heavy atom. The third-order valence-corrected chi connectivity index (χ3v) is 4.75. The third-order valence-electron chi connectivity index (χ3n) is 3.75. The number of anilines is 1. The van der Waals surface area contributed by atoms with E-state index in [0.29, 0.717) is 23.8 Å². The van der Waals surface area contributed by atoms with E-state index in [0.717, 1.165) is 24.5 Å². The molecule has 0 aromatic heterocycles. The highest BCUT2D eigenvalue weighted by atomic mass is 32.2. The number of nitrogens with zero attached hydrogens (tertiary/aromatic N) is 1. The molecule has 1 aliphatic heterocycles. The van der Waals surface area contributed by atoms with Gasteiger partial charge in [0.05, 0.1) is 12.2 Å². The minimum absolute atomic E-state index is 0.0366. The number of carbonyl (C=O) groups excluding carboxylic acids is 2. The molecule has 0 aliphatic carbocycles. The number of hydrogen-bond donors (Lipinski definition) is 1. The number of thioether (sulfide) groups is 1. The van der Waals surface area contributed by atoms with E-state index < -0.39 is 0 Å². The summed E-state index contributed by atoms with van der Waals surface area (Å²) in [6.45, 7) is 5.00. The standard InChI is InChI=1S/C16H22N2O2S/c1-12-7-9-21-10-8-18(12)11-16(20)17-15-6-4-3-5-14(15)13(2)19/h3-6,12H,7-11H2,1-2H3,(H,17,20). The maximum atomic E-state index is 12.2. The van der Waals surface area contributed by atoms with Crippen molar-refractivity contribution in [2.45, 2.75) is 26.3 Å². The van der Waals surface area contributed by atoms with Crippen molar-refractivity contribution in [1.29, 1.82) is 0 Å². The van der Waals surface area contributed by atoms with Gasteiger partial charge in [0.15, 0.2) is 5.78 Å². The van der Waals surface area contributed by atoms with Gasteiger partial charge in [0.2, 0.25) is 5.91 Å². The maximum Gasteiger partial charge on any atom is 0.238 e. The molecule has 1 aromatic rings. The first-order valence-electron chi connectivity index (χ1n) is 7.29. The average Bonchev–Trinajstić information content (AvgIpc) is 2.64. The molecule has 1 amide bonds. The summed E-state index contributed by atoms with van der Waals surface area (Å²) in [6, 6.07) is 7.57. The lowest BCUT2D eigenvalue weighted by atomic mass is 10.1. The number of amides is 1. The van der Waals surface area contributed by atoms with Crippen LogP contribution < -0.4 is 5.32 Å². The number of para-hydroxylation sites is 1. The Bertz CT molecular complexity index is 519. The summed E-state index contributed by atoms with van der Waals surface area (Å²) in [5.74, 6) is 2.14. The lowest BCUT2D eigenvalue weighted by molar-refractivity contribution is -0.117. The molecule has 1 aromatic carbocycles. The largest absolute Gasteiger partial charge is 0.324 e. The van der Waals surface area contributed by atoms with Crippen molar-refractivity contribution in [3.63, 3.8) is 0 Å². The third kappa shape index (κ3) is 4.58. The first kappa shape index (κ1) is 16.0. The summed E-state index contributed by atoms with van der Waals surface area (Å²) < 4.78 is 0. The molecular formula is C16H22N2O2S. The summed E-state index contributed by atoms with van der Waals surface area (Å²) in [6.07, 6.45) is 1.11. The predicted octanol–water partition coefficient (Wildman–Crippen LogP) is 2.66. The van der Waals surface area contributed by atoms with Crippen LogP contribution in [0, 0.1) is 0 Å². The first-order chi connectivity index (χ1) is 10.1. The maximum absolute atomic E-state index is 12.2. The van der Waals surface area contributed by atoms with E-state index in [4.69, 9.17) is 0 Å². The number of carbonyl (C=O) groups is 2. The molecule has 0 radical (unpaired) electrons. The first-order valence-corrected chi connectivity index (χ1v) is 8.45. The van der Waals surface area contributed by atoms with Crippen LogP contribution in [0.2, 0.25) is 0 Å². The van der Waals surface area contributed by atoms with Gasteiger partial charge in [-0.15, -0.1) is 0 Å². The van der Waals surface area contributed by atoms with E-state index in [-0.39, 0.29) is 11.7 Å². The second kappa shape index (κ2) is 7.61. The molecule has 0 saturated carbocycles. The Labute approximate surface area is 130 Å². The molecule has 1 unspecified atom stereocenters. The molecule has 2 rings (SSSR count). The SMILES string of the molecule is CC(=O)c1ccccc1NC(=O)CN1CCSCCC1C. The Hall–Kier alpha value is -1.33. The van der Waals surface area contributed by atoms with Crippen LogP contribution in [0.4, 0.5) is 5.69 Å². The highest BCUT2D eigenvalue weighted by molar-refractivity contribution is 7.99. The normalized spacial score (nSPS) is 19.8. The van der Waals surface area contributed by atoms with Gasteiger partial charge >= 0.3 is 0 Å². The van der Waals surface area contributed by atoms with E-state index in [1.165, 1.54) is 6.92 Å². The fourth-order valence-corrected chi connectivity index (χ4v) is 3.52. The predicted molar refractivity (Wildman–Crippen MR) is 88.1 cm³/mol. The molecule has 0 spiro atoms. The Kier molecular flexibility index (Phi) is 5.82. The Morgan fingerprint density at radius 3 is 2.86 bits per heavy atom. The van der Waals surface area contributed by atoms with Crippen LogP contribution in [-0.2, 0) is 4.79 Å². The zero-order valence-electron chi connectivity index (χ0n) is 12.6.